The van der Waals surface area contributed by atoms with Crippen LogP contribution in [-0.4, -0.2) is 12.0 Å². The van der Waals surface area contributed by atoms with Gasteiger partial charge in [0.25, 0.3) is 0 Å². The highest BCUT2D eigenvalue weighted by Crippen LogP contribution is 2.26. The van der Waals surface area contributed by atoms with E-state index in [9.17, 15) is 4.39 Å². The number of pyridine rings is 1. The second kappa shape index (κ2) is 5.48. The molecular formula is C14H14BrFN2. The molecule has 18 heavy (non-hydrogen) atoms. The van der Waals surface area contributed by atoms with Crippen LogP contribution >= 0.6 is 15.9 Å². The largest absolute Gasteiger partial charge is 0.354 e. The minimum Gasteiger partial charge on any atom is -0.354 e. The van der Waals surface area contributed by atoms with Crippen molar-refractivity contribution in [1.29, 1.82) is 0 Å². The maximum atomic E-state index is 12.8. The van der Waals surface area contributed by atoms with E-state index in [4.69, 9.17) is 0 Å². The Morgan fingerprint density at radius 1 is 1.22 bits per heavy atom. The van der Waals surface area contributed by atoms with Crippen molar-refractivity contribution < 1.29 is 4.39 Å². The van der Waals surface area contributed by atoms with E-state index in [1.165, 1.54) is 12.1 Å². The van der Waals surface area contributed by atoms with Crippen molar-refractivity contribution >= 4 is 21.7 Å². The minimum absolute atomic E-state index is 0.212. The maximum Gasteiger partial charge on any atom is 0.143 e. The molecule has 0 bridgehead atoms. The molecule has 1 aromatic carbocycles. The Bertz CT molecular complexity index is 540. The Kier molecular flexibility index (Phi) is 3.97. The fourth-order valence-electron chi connectivity index (χ4n) is 1.73. The van der Waals surface area contributed by atoms with E-state index >= 15 is 0 Å². The zero-order chi connectivity index (χ0) is 13.1. The molecule has 0 saturated carbocycles. The Balaban J connectivity index is 2.19. The molecule has 0 spiro atoms. The molecule has 0 fully saturated rings. The van der Waals surface area contributed by atoms with E-state index in [0.29, 0.717) is 6.54 Å². The number of anilines is 1. The molecule has 2 nitrogen and oxygen atoms in total. The molecule has 0 aliphatic rings. The van der Waals surface area contributed by atoms with Gasteiger partial charge in [0, 0.05) is 19.8 Å². The first-order valence-corrected chi connectivity index (χ1v) is 6.44. The lowest BCUT2D eigenvalue weighted by Crippen LogP contribution is -2.18. The molecule has 2 rings (SSSR count). The molecular weight excluding hydrogens is 295 g/mol. The highest BCUT2D eigenvalue weighted by atomic mass is 79.9. The summed E-state index contributed by atoms with van der Waals surface area (Å²) in [4.78, 5) is 6.39. The zero-order valence-corrected chi connectivity index (χ0v) is 11.9. The van der Waals surface area contributed by atoms with Crippen LogP contribution in [0.2, 0.25) is 0 Å². The number of rotatable bonds is 3. The fourth-order valence-corrected chi connectivity index (χ4v) is 2.27. The van der Waals surface area contributed by atoms with Gasteiger partial charge in [0.05, 0.1) is 4.47 Å². The molecule has 0 amide bonds. The Morgan fingerprint density at radius 3 is 2.56 bits per heavy atom. The van der Waals surface area contributed by atoms with Crippen molar-refractivity contribution in [3.63, 3.8) is 0 Å². The van der Waals surface area contributed by atoms with Crippen molar-refractivity contribution in [3.05, 3.63) is 57.9 Å². The van der Waals surface area contributed by atoms with Crippen LogP contribution in [0.5, 0.6) is 0 Å². The highest BCUT2D eigenvalue weighted by Gasteiger charge is 2.09. The Labute approximate surface area is 115 Å². The number of hydrogen-bond donors (Lipinski definition) is 0. The summed E-state index contributed by atoms with van der Waals surface area (Å²) < 4.78 is 13.8. The normalized spacial score (nSPS) is 10.4. The second-order valence-electron chi connectivity index (χ2n) is 4.25. The number of aromatic nitrogens is 1. The first kappa shape index (κ1) is 13.0. The summed E-state index contributed by atoms with van der Waals surface area (Å²) >= 11 is 3.54. The third kappa shape index (κ3) is 2.88. The van der Waals surface area contributed by atoms with Gasteiger partial charge < -0.3 is 4.90 Å². The van der Waals surface area contributed by atoms with Crippen molar-refractivity contribution in [2.24, 2.45) is 0 Å². The molecule has 0 radical (unpaired) electrons. The number of aryl methyl sites for hydroxylation is 1. The summed E-state index contributed by atoms with van der Waals surface area (Å²) in [7, 11) is 1.97. The molecule has 0 atom stereocenters. The monoisotopic (exact) mass is 308 g/mol. The average Bonchev–Trinajstić information content (AvgIpc) is 2.35. The van der Waals surface area contributed by atoms with Gasteiger partial charge in [-0.05, 0) is 52.2 Å². The third-order valence-corrected chi connectivity index (χ3v) is 3.74. The number of nitrogens with zero attached hydrogens (tertiary/aromatic N) is 2. The van der Waals surface area contributed by atoms with Gasteiger partial charge in [0.15, 0.2) is 0 Å². The Morgan fingerprint density at radius 2 is 1.89 bits per heavy atom. The van der Waals surface area contributed by atoms with Crippen molar-refractivity contribution in [2.45, 2.75) is 13.5 Å². The fraction of sp³-hybridized carbons (Fsp3) is 0.214. The van der Waals surface area contributed by atoms with Gasteiger partial charge in [-0.3, -0.25) is 0 Å². The van der Waals surface area contributed by atoms with Crippen molar-refractivity contribution in [1.82, 2.24) is 4.98 Å². The van der Waals surface area contributed by atoms with Crippen LogP contribution in [0.1, 0.15) is 11.1 Å². The van der Waals surface area contributed by atoms with E-state index in [2.05, 4.69) is 20.9 Å². The SMILES string of the molecule is Cc1ccnc(N(C)Cc2ccc(F)cc2)c1Br. The number of halogens is 2. The second-order valence-corrected chi connectivity index (χ2v) is 5.04. The summed E-state index contributed by atoms with van der Waals surface area (Å²) in [6.45, 7) is 2.72. The van der Waals surface area contributed by atoms with Crippen LogP contribution in [0.15, 0.2) is 41.0 Å². The van der Waals surface area contributed by atoms with Crippen molar-refractivity contribution in [2.75, 3.05) is 11.9 Å². The van der Waals surface area contributed by atoms with E-state index < -0.39 is 0 Å². The van der Waals surface area contributed by atoms with Gasteiger partial charge >= 0.3 is 0 Å². The molecule has 94 valence electrons. The van der Waals surface area contributed by atoms with Gasteiger partial charge in [-0.15, -0.1) is 0 Å². The zero-order valence-electron chi connectivity index (χ0n) is 10.3. The number of benzene rings is 1. The molecule has 1 aromatic heterocycles. The average molecular weight is 309 g/mol. The quantitative estimate of drug-likeness (QED) is 0.854. The summed E-state index contributed by atoms with van der Waals surface area (Å²) in [5.41, 5.74) is 2.19. The third-order valence-electron chi connectivity index (χ3n) is 2.76. The number of hydrogen-bond acceptors (Lipinski definition) is 2. The highest BCUT2D eigenvalue weighted by molar-refractivity contribution is 9.10. The summed E-state index contributed by atoms with van der Waals surface area (Å²) in [6, 6.07) is 8.48. The van der Waals surface area contributed by atoms with Gasteiger partial charge in [-0.1, -0.05) is 12.1 Å². The molecule has 0 N–H and O–H groups in total. The molecule has 0 saturated heterocycles. The summed E-state index contributed by atoms with van der Waals surface area (Å²) in [5.74, 6) is 0.676. The first-order chi connectivity index (χ1) is 8.58. The minimum atomic E-state index is -0.212. The smallest absolute Gasteiger partial charge is 0.143 e. The maximum absolute atomic E-state index is 12.8. The standard InChI is InChI=1S/C14H14BrFN2/c1-10-7-8-17-14(13(10)15)18(2)9-11-3-5-12(16)6-4-11/h3-8H,9H2,1-2H3. The van der Waals surface area contributed by atoms with E-state index in [1.54, 1.807) is 18.3 Å². The lowest BCUT2D eigenvalue weighted by atomic mass is 10.2. The van der Waals surface area contributed by atoms with Crippen LogP contribution in [-0.2, 0) is 6.54 Å². The topological polar surface area (TPSA) is 16.1 Å². The van der Waals surface area contributed by atoms with Gasteiger partial charge in [-0.2, -0.15) is 0 Å². The van der Waals surface area contributed by atoms with Crippen LogP contribution in [0.3, 0.4) is 0 Å². The predicted octanol–water partition coefficient (Wildman–Crippen LogP) is 3.93. The van der Waals surface area contributed by atoms with E-state index in [0.717, 1.165) is 21.4 Å². The summed E-state index contributed by atoms with van der Waals surface area (Å²) in [5, 5.41) is 0. The Hall–Kier alpha value is -1.42. The molecule has 0 aliphatic carbocycles. The van der Waals surface area contributed by atoms with E-state index in [-0.39, 0.29) is 5.82 Å². The van der Waals surface area contributed by atoms with Crippen LogP contribution in [0, 0.1) is 12.7 Å². The molecule has 0 unspecified atom stereocenters. The molecule has 0 aliphatic heterocycles. The lowest BCUT2D eigenvalue weighted by molar-refractivity contribution is 0.627. The molecule has 2 aromatic rings. The van der Waals surface area contributed by atoms with Gasteiger partial charge in [0.2, 0.25) is 0 Å². The lowest BCUT2D eigenvalue weighted by Gasteiger charge is -2.20. The molecule has 4 heteroatoms. The van der Waals surface area contributed by atoms with Gasteiger partial charge in [-0.25, -0.2) is 9.37 Å². The van der Waals surface area contributed by atoms with Crippen LogP contribution < -0.4 is 4.90 Å². The van der Waals surface area contributed by atoms with Gasteiger partial charge in [0.1, 0.15) is 11.6 Å². The molecule has 1 heterocycles. The summed E-state index contributed by atoms with van der Waals surface area (Å²) in [6.07, 6.45) is 1.79. The first-order valence-electron chi connectivity index (χ1n) is 5.64. The van der Waals surface area contributed by atoms with Crippen LogP contribution in [0.25, 0.3) is 0 Å². The van der Waals surface area contributed by atoms with E-state index in [1.807, 2.05) is 24.9 Å². The van der Waals surface area contributed by atoms with Crippen LogP contribution in [0.4, 0.5) is 10.2 Å². The predicted molar refractivity (Wildman–Crippen MR) is 75.2 cm³/mol. The van der Waals surface area contributed by atoms with Crippen molar-refractivity contribution in [3.8, 4) is 0 Å².